The van der Waals surface area contributed by atoms with Crippen molar-refractivity contribution in [3.63, 3.8) is 0 Å². The zero-order valence-corrected chi connectivity index (χ0v) is 13.4. The van der Waals surface area contributed by atoms with Crippen molar-refractivity contribution in [2.75, 3.05) is 12.9 Å². The summed E-state index contributed by atoms with van der Waals surface area (Å²) in [6, 6.07) is -0.889. The fraction of sp³-hybridized carbons (Fsp3) is 0.500. The predicted octanol–water partition coefficient (Wildman–Crippen LogP) is 1.53. The molecule has 7 heteroatoms. The monoisotopic (exact) mass is 312 g/mol. The summed E-state index contributed by atoms with van der Waals surface area (Å²) in [5, 5.41) is 11.4. The van der Waals surface area contributed by atoms with Gasteiger partial charge >= 0.3 is 5.97 Å². The number of ether oxygens (including phenoxy) is 1. The number of carbonyl (C=O) groups is 2. The van der Waals surface area contributed by atoms with Gasteiger partial charge in [-0.15, -0.1) is 0 Å². The number of hydrogen-bond donors (Lipinski definition) is 2. The fourth-order valence-corrected chi connectivity index (χ4v) is 2.97. The van der Waals surface area contributed by atoms with Gasteiger partial charge in [-0.3, -0.25) is 9.78 Å². The third-order valence-corrected chi connectivity index (χ3v) is 4.00. The molecule has 0 spiro atoms. The SMILES string of the molecule is COc1c(C)cnc(CSC[C@H](NC(C)=O)C(=O)O)c1C. The average Bonchev–Trinajstić information content (AvgIpc) is 2.40. The number of aryl methyl sites for hydroxylation is 1. The van der Waals surface area contributed by atoms with Crippen LogP contribution in [0.2, 0.25) is 0 Å². The van der Waals surface area contributed by atoms with Gasteiger partial charge < -0.3 is 15.2 Å². The van der Waals surface area contributed by atoms with Crippen molar-refractivity contribution in [3.8, 4) is 5.75 Å². The number of methoxy groups -OCH3 is 1. The Morgan fingerprint density at radius 3 is 2.67 bits per heavy atom. The number of hydrogen-bond acceptors (Lipinski definition) is 5. The first kappa shape index (κ1) is 17.3. The molecule has 21 heavy (non-hydrogen) atoms. The lowest BCUT2D eigenvalue weighted by Gasteiger charge is -2.14. The molecule has 1 amide bonds. The van der Waals surface area contributed by atoms with Crippen molar-refractivity contribution in [2.24, 2.45) is 0 Å². The molecule has 1 aromatic heterocycles. The van der Waals surface area contributed by atoms with Gasteiger partial charge in [0.15, 0.2) is 0 Å². The van der Waals surface area contributed by atoms with E-state index in [0.29, 0.717) is 5.75 Å². The van der Waals surface area contributed by atoms with Crippen LogP contribution in [0.1, 0.15) is 23.7 Å². The minimum atomic E-state index is -1.04. The summed E-state index contributed by atoms with van der Waals surface area (Å²) in [4.78, 5) is 26.3. The van der Waals surface area contributed by atoms with Crippen molar-refractivity contribution in [2.45, 2.75) is 32.6 Å². The number of aliphatic carboxylic acids is 1. The number of carboxylic acid groups (broad SMARTS) is 1. The van der Waals surface area contributed by atoms with Crippen LogP contribution in [0.3, 0.4) is 0 Å². The van der Waals surface area contributed by atoms with Gasteiger partial charge in [0.1, 0.15) is 11.8 Å². The van der Waals surface area contributed by atoms with E-state index in [0.717, 1.165) is 22.6 Å². The Bertz CT molecular complexity index is 534. The number of nitrogens with zero attached hydrogens (tertiary/aromatic N) is 1. The zero-order valence-electron chi connectivity index (χ0n) is 12.6. The topological polar surface area (TPSA) is 88.5 Å². The molecule has 1 aromatic rings. The van der Waals surface area contributed by atoms with E-state index in [1.807, 2.05) is 13.8 Å². The van der Waals surface area contributed by atoms with E-state index in [2.05, 4.69) is 10.3 Å². The molecule has 6 nitrogen and oxygen atoms in total. The molecule has 0 aliphatic rings. The molecule has 0 aromatic carbocycles. The Kier molecular flexibility index (Phi) is 6.48. The zero-order chi connectivity index (χ0) is 16.0. The van der Waals surface area contributed by atoms with E-state index in [4.69, 9.17) is 9.84 Å². The van der Waals surface area contributed by atoms with E-state index in [1.54, 1.807) is 13.3 Å². The second-order valence-electron chi connectivity index (χ2n) is 4.65. The van der Waals surface area contributed by atoms with Crippen LogP contribution in [0.4, 0.5) is 0 Å². The van der Waals surface area contributed by atoms with Gasteiger partial charge in [0, 0.05) is 35.8 Å². The normalized spacial score (nSPS) is 11.8. The lowest BCUT2D eigenvalue weighted by molar-refractivity contribution is -0.140. The number of pyridine rings is 1. The van der Waals surface area contributed by atoms with Crippen molar-refractivity contribution in [1.29, 1.82) is 0 Å². The van der Waals surface area contributed by atoms with Gasteiger partial charge in [-0.1, -0.05) is 0 Å². The fourth-order valence-electron chi connectivity index (χ4n) is 1.91. The number of amides is 1. The minimum absolute atomic E-state index is 0.284. The van der Waals surface area contributed by atoms with Gasteiger partial charge in [-0.2, -0.15) is 11.8 Å². The molecule has 1 atom stereocenters. The third-order valence-electron chi connectivity index (χ3n) is 2.95. The van der Waals surface area contributed by atoms with Gasteiger partial charge in [-0.05, 0) is 13.8 Å². The highest BCUT2D eigenvalue weighted by Gasteiger charge is 2.18. The van der Waals surface area contributed by atoms with Crippen molar-refractivity contribution in [3.05, 3.63) is 23.0 Å². The molecule has 0 bridgehead atoms. The van der Waals surface area contributed by atoms with Crippen molar-refractivity contribution < 1.29 is 19.4 Å². The molecular weight excluding hydrogens is 292 g/mol. The molecule has 2 N–H and O–H groups in total. The van der Waals surface area contributed by atoms with Crippen LogP contribution in [0.25, 0.3) is 0 Å². The maximum atomic E-state index is 11.0. The second-order valence-corrected chi connectivity index (χ2v) is 5.68. The standard InChI is InChI=1S/C14H20N2O4S/c1-8-5-15-11(9(2)13(8)20-4)6-21-7-12(14(18)19)16-10(3)17/h5,12H,6-7H2,1-4H3,(H,16,17)(H,18,19)/t12-/m0/s1. The molecule has 0 unspecified atom stereocenters. The molecule has 0 saturated carbocycles. The molecule has 1 heterocycles. The highest BCUT2D eigenvalue weighted by molar-refractivity contribution is 7.98. The first-order valence-corrected chi connectivity index (χ1v) is 7.59. The summed E-state index contributed by atoms with van der Waals surface area (Å²) in [7, 11) is 1.61. The number of carbonyl (C=O) groups excluding carboxylic acids is 1. The number of carboxylic acids is 1. The summed E-state index contributed by atoms with van der Waals surface area (Å²) >= 11 is 1.41. The first-order valence-electron chi connectivity index (χ1n) is 6.43. The van der Waals surface area contributed by atoms with Crippen LogP contribution < -0.4 is 10.1 Å². The highest BCUT2D eigenvalue weighted by atomic mass is 32.2. The molecule has 0 fully saturated rings. The molecule has 0 aliphatic heterocycles. The van der Waals surface area contributed by atoms with Crippen LogP contribution in [0, 0.1) is 13.8 Å². The molecule has 116 valence electrons. The van der Waals surface area contributed by atoms with Gasteiger partial charge in [0.2, 0.25) is 5.91 Å². The van der Waals surface area contributed by atoms with Crippen LogP contribution in [0.5, 0.6) is 5.75 Å². The number of thioether (sulfide) groups is 1. The predicted molar refractivity (Wildman–Crippen MR) is 81.7 cm³/mol. The van der Waals surface area contributed by atoms with E-state index in [9.17, 15) is 9.59 Å². The Morgan fingerprint density at radius 2 is 2.14 bits per heavy atom. The molecule has 1 rings (SSSR count). The highest BCUT2D eigenvalue weighted by Crippen LogP contribution is 2.26. The summed E-state index contributed by atoms with van der Waals surface area (Å²) in [5.74, 6) is 0.258. The Balaban J connectivity index is 2.67. The third kappa shape index (κ3) is 4.93. The van der Waals surface area contributed by atoms with E-state index < -0.39 is 12.0 Å². The number of nitrogens with one attached hydrogen (secondary N) is 1. The lowest BCUT2D eigenvalue weighted by Crippen LogP contribution is -2.41. The number of aromatic nitrogens is 1. The van der Waals surface area contributed by atoms with Crippen molar-refractivity contribution in [1.82, 2.24) is 10.3 Å². The summed E-state index contributed by atoms with van der Waals surface area (Å²) in [5.41, 5.74) is 2.77. The van der Waals surface area contributed by atoms with E-state index in [-0.39, 0.29) is 11.7 Å². The lowest BCUT2D eigenvalue weighted by atomic mass is 10.1. The Labute approximate surface area is 128 Å². The van der Waals surface area contributed by atoms with Crippen LogP contribution in [-0.2, 0) is 15.3 Å². The minimum Gasteiger partial charge on any atom is -0.496 e. The maximum Gasteiger partial charge on any atom is 0.327 e. The summed E-state index contributed by atoms with van der Waals surface area (Å²) < 4.78 is 5.33. The Morgan fingerprint density at radius 1 is 1.48 bits per heavy atom. The molecule has 0 saturated heterocycles. The van der Waals surface area contributed by atoms with Crippen LogP contribution in [-0.4, -0.2) is 40.9 Å². The molecule has 0 radical (unpaired) electrons. The maximum absolute atomic E-state index is 11.0. The summed E-state index contributed by atoms with van der Waals surface area (Å²) in [6.45, 7) is 5.15. The van der Waals surface area contributed by atoms with Crippen molar-refractivity contribution >= 4 is 23.6 Å². The van der Waals surface area contributed by atoms with Gasteiger partial charge in [-0.25, -0.2) is 4.79 Å². The molecular formula is C14H20N2O4S. The smallest absolute Gasteiger partial charge is 0.327 e. The first-order chi connectivity index (χ1) is 9.86. The van der Waals surface area contributed by atoms with Gasteiger partial charge in [0.25, 0.3) is 0 Å². The van der Waals surface area contributed by atoms with E-state index >= 15 is 0 Å². The summed E-state index contributed by atoms with van der Waals surface area (Å²) in [6.07, 6.45) is 1.74. The largest absolute Gasteiger partial charge is 0.496 e. The quantitative estimate of drug-likeness (QED) is 0.794. The van der Waals surface area contributed by atoms with E-state index in [1.165, 1.54) is 18.7 Å². The Hall–Kier alpha value is -1.76. The van der Waals surface area contributed by atoms with Crippen LogP contribution >= 0.6 is 11.8 Å². The second kappa shape index (κ2) is 7.87. The number of rotatable bonds is 7. The average molecular weight is 312 g/mol. The molecule has 0 aliphatic carbocycles. The van der Waals surface area contributed by atoms with Crippen LogP contribution in [0.15, 0.2) is 6.20 Å². The van der Waals surface area contributed by atoms with Gasteiger partial charge in [0.05, 0.1) is 12.8 Å².